The number of rotatable bonds is 7. The smallest absolute Gasteiger partial charge is 0.259 e. The molecule has 0 saturated heterocycles. The maximum Gasteiger partial charge on any atom is 0.490 e. The van der Waals surface area contributed by atoms with Gasteiger partial charge in [0, 0.05) is 82.3 Å². The molecule has 0 radical (unpaired) electrons. The molecule has 0 bridgehead atoms. The van der Waals surface area contributed by atoms with Gasteiger partial charge >= 0.3 is 6.01 Å². The molecule has 71 heavy (non-hydrogen) atoms. The highest BCUT2D eigenvalue weighted by Crippen LogP contribution is 2.59. The second-order valence-corrected chi connectivity index (χ2v) is 18.8. The van der Waals surface area contributed by atoms with Gasteiger partial charge in [-0.25, -0.2) is 0 Å². The van der Waals surface area contributed by atoms with E-state index in [1.54, 1.807) is 0 Å². The van der Waals surface area contributed by atoms with Crippen LogP contribution in [-0.2, 0) is 16.4 Å². The SMILES string of the molecule is Cc1cccc(C)c1-c1ccnc(C2(c3cccc(C4(c5cccc(C6([N+]7=C=[N+](C)C=C7)c7ncccc7-c7cccnc76)c5)c5ncccc5-c5cccnc54)c3)c3ncccc3-c3cccnc32)c1. The van der Waals surface area contributed by atoms with E-state index in [9.17, 15) is 0 Å². The van der Waals surface area contributed by atoms with E-state index >= 15 is 0 Å². The first-order valence-electron chi connectivity index (χ1n) is 23.9. The van der Waals surface area contributed by atoms with Crippen LogP contribution in [0.1, 0.15) is 73.2 Å². The lowest BCUT2D eigenvalue weighted by atomic mass is 9.67. The first kappa shape index (κ1) is 40.9. The normalized spacial score (nSPS) is 15.5. The van der Waals surface area contributed by atoms with Gasteiger partial charge in [0.15, 0.2) is 7.05 Å². The number of benzene rings is 3. The van der Waals surface area contributed by atoms with Crippen molar-refractivity contribution in [2.24, 2.45) is 0 Å². The second kappa shape index (κ2) is 15.2. The summed E-state index contributed by atoms with van der Waals surface area (Å²) in [6.45, 7) is 4.35. The van der Waals surface area contributed by atoms with Gasteiger partial charge in [0.25, 0.3) is 5.54 Å². The van der Waals surface area contributed by atoms with E-state index in [1.807, 2.05) is 97.6 Å². The van der Waals surface area contributed by atoms with Crippen LogP contribution in [0.25, 0.3) is 44.5 Å². The summed E-state index contributed by atoms with van der Waals surface area (Å²) in [5.41, 5.74) is 18.0. The standard InChI is InChI=1S/C62H43N9/c1-39-13-4-14-40(2)53(39)41-25-32-63-52(35-41)61(56-48(21-9-28-66-56)49-22-10-29-67-57(49)61)44-17-5-15-42(36-44)60(54-46(19-7-26-64-54)47-20-8-27-65-55(47)60)43-16-6-18-45(37-43)62(71-34-33-70(3)38-71)58-50(23-11-30-68-58)51-24-12-31-69-59(51)62/h4-37H,1-3H3/q+2. The van der Waals surface area contributed by atoms with Crippen LogP contribution in [0, 0.1) is 13.8 Å². The van der Waals surface area contributed by atoms with Gasteiger partial charge in [0.1, 0.15) is 22.2 Å². The molecule has 9 heteroatoms. The van der Waals surface area contributed by atoms with Crippen LogP contribution >= 0.6 is 0 Å². The zero-order valence-corrected chi connectivity index (χ0v) is 39.2. The Hall–Kier alpha value is -9.17. The van der Waals surface area contributed by atoms with E-state index in [4.69, 9.17) is 34.9 Å². The molecule has 0 amide bonds. The summed E-state index contributed by atoms with van der Waals surface area (Å²) < 4.78 is 4.08. The largest absolute Gasteiger partial charge is 0.490 e. The predicted molar refractivity (Wildman–Crippen MR) is 273 cm³/mol. The Morgan fingerprint density at radius 3 is 1.27 bits per heavy atom. The molecule has 0 N–H and O–H groups in total. The van der Waals surface area contributed by atoms with Crippen LogP contribution in [0.15, 0.2) is 207 Å². The van der Waals surface area contributed by atoms with Gasteiger partial charge in [0.2, 0.25) is 12.4 Å². The summed E-state index contributed by atoms with van der Waals surface area (Å²) in [5.74, 6) is 0. The Kier molecular flexibility index (Phi) is 8.73. The van der Waals surface area contributed by atoms with Crippen LogP contribution in [0.2, 0.25) is 0 Å². The van der Waals surface area contributed by atoms with E-state index in [-0.39, 0.29) is 0 Å². The average molecular weight is 914 g/mol. The number of pyridine rings is 7. The third kappa shape index (κ3) is 5.38. The maximum atomic E-state index is 5.38. The highest BCUT2D eigenvalue weighted by Gasteiger charge is 2.60. The minimum absolute atomic E-state index is 0.836. The highest BCUT2D eigenvalue weighted by molar-refractivity contribution is 5.87. The molecular formula is C62H43N9+2. The topological polar surface area (TPSA) is 96.2 Å². The van der Waals surface area contributed by atoms with Crippen molar-refractivity contribution in [3.63, 3.8) is 0 Å². The van der Waals surface area contributed by atoms with Crippen LogP contribution in [-0.4, -0.2) is 57.1 Å². The highest BCUT2D eigenvalue weighted by atomic mass is 15.2. The van der Waals surface area contributed by atoms with Crippen molar-refractivity contribution in [1.29, 1.82) is 0 Å². The van der Waals surface area contributed by atoms with Crippen LogP contribution in [0.3, 0.4) is 0 Å². The minimum atomic E-state index is -1.02. The average Bonchev–Trinajstić information content (AvgIpc) is 4.17. The Labute approximate surface area is 410 Å². The van der Waals surface area contributed by atoms with Crippen LogP contribution < -0.4 is 0 Å². The Bertz CT molecular complexity index is 3860. The van der Waals surface area contributed by atoms with Gasteiger partial charge in [-0.3, -0.25) is 34.9 Å². The number of hydrogen-bond donors (Lipinski definition) is 0. The van der Waals surface area contributed by atoms with Gasteiger partial charge < -0.3 is 0 Å². The molecule has 4 aliphatic rings. The monoisotopic (exact) mass is 913 g/mol. The molecule has 0 atom stereocenters. The van der Waals surface area contributed by atoms with Crippen molar-refractivity contribution < 1.29 is 9.15 Å². The summed E-state index contributed by atoms with van der Waals surface area (Å²) in [5, 5.41) is 0. The predicted octanol–water partition coefficient (Wildman–Crippen LogP) is 11.0. The number of hydrogen-bond acceptors (Lipinski definition) is 7. The molecule has 0 unspecified atom stereocenters. The van der Waals surface area contributed by atoms with Crippen LogP contribution in [0.5, 0.6) is 0 Å². The van der Waals surface area contributed by atoms with E-state index in [0.29, 0.717) is 0 Å². The van der Waals surface area contributed by atoms with Gasteiger partial charge in [0.05, 0.1) is 28.5 Å². The quantitative estimate of drug-likeness (QED) is 0.147. The van der Waals surface area contributed by atoms with Crippen molar-refractivity contribution in [3.05, 3.63) is 281 Å². The third-order valence-corrected chi connectivity index (χ3v) is 15.2. The molecule has 10 aromatic rings. The molecule has 3 aromatic carbocycles. The number of fused-ring (bicyclic) bond motifs is 9. The van der Waals surface area contributed by atoms with Crippen molar-refractivity contribution in [2.75, 3.05) is 7.05 Å². The van der Waals surface area contributed by atoms with Gasteiger partial charge in [-0.05, 0) is 107 Å². The lowest BCUT2D eigenvalue weighted by molar-refractivity contribution is -0.534. The molecule has 9 nitrogen and oxygen atoms in total. The Morgan fingerprint density at radius 2 is 0.789 bits per heavy atom. The van der Waals surface area contributed by atoms with Crippen LogP contribution in [0.4, 0.5) is 0 Å². The van der Waals surface area contributed by atoms with E-state index in [1.165, 1.54) is 16.7 Å². The molecule has 7 aromatic heterocycles. The lowest BCUT2D eigenvalue weighted by Crippen LogP contribution is -2.39. The molecule has 0 saturated carbocycles. The summed E-state index contributed by atoms with van der Waals surface area (Å²) in [7, 11) is 1.99. The fourth-order valence-corrected chi connectivity index (χ4v) is 12.5. The van der Waals surface area contributed by atoms with E-state index in [2.05, 4.69) is 146 Å². The molecule has 334 valence electrons. The summed E-state index contributed by atoms with van der Waals surface area (Å²) in [6, 6.07) is 57.4. The number of aromatic nitrogens is 7. The van der Waals surface area contributed by atoms with Gasteiger partial charge in [-0.2, -0.15) is 0 Å². The first-order chi connectivity index (χ1) is 34.9. The molecule has 1 aliphatic heterocycles. The summed E-state index contributed by atoms with van der Waals surface area (Å²) >= 11 is 0. The lowest BCUT2D eigenvalue weighted by Gasteiger charge is -2.35. The number of aryl methyl sites for hydroxylation is 2. The molecule has 0 spiro atoms. The zero-order chi connectivity index (χ0) is 47.5. The van der Waals surface area contributed by atoms with Crippen molar-refractivity contribution in [3.8, 4) is 44.5 Å². The van der Waals surface area contributed by atoms with Gasteiger partial charge in [-0.15, -0.1) is 0 Å². The Morgan fingerprint density at radius 1 is 0.380 bits per heavy atom. The molecule has 0 fully saturated rings. The van der Waals surface area contributed by atoms with Crippen molar-refractivity contribution in [1.82, 2.24) is 34.9 Å². The maximum absolute atomic E-state index is 5.38. The first-order valence-corrected chi connectivity index (χ1v) is 23.9. The Balaban J connectivity index is 1.08. The summed E-state index contributed by atoms with van der Waals surface area (Å²) in [4.78, 5) is 37.1. The van der Waals surface area contributed by atoms with Crippen molar-refractivity contribution >= 4 is 6.01 Å². The van der Waals surface area contributed by atoms with Crippen molar-refractivity contribution in [2.45, 2.75) is 30.2 Å². The molecule has 14 rings (SSSR count). The second-order valence-electron chi connectivity index (χ2n) is 18.8. The fraction of sp³-hybridized carbons (Fsp3) is 0.0968. The molecule has 3 aliphatic carbocycles. The zero-order valence-electron chi connectivity index (χ0n) is 39.2. The molecule has 8 heterocycles. The third-order valence-electron chi connectivity index (χ3n) is 15.2. The van der Waals surface area contributed by atoms with Gasteiger partial charge in [-0.1, -0.05) is 106 Å². The number of nitrogens with zero attached hydrogens (tertiary/aromatic N) is 9. The van der Waals surface area contributed by atoms with E-state index < -0.39 is 16.4 Å². The van der Waals surface area contributed by atoms with E-state index in [0.717, 1.165) is 101 Å². The fourth-order valence-electron chi connectivity index (χ4n) is 12.5. The summed E-state index contributed by atoms with van der Waals surface area (Å²) in [6.07, 6.45) is 17.4. The molecular weight excluding hydrogens is 871 g/mol. The minimum Gasteiger partial charge on any atom is -0.259 e.